The molecule has 0 aliphatic heterocycles. The van der Waals surface area contributed by atoms with Crippen LogP contribution in [0.4, 0.5) is 0 Å². The van der Waals surface area contributed by atoms with Crippen LogP contribution >= 0.6 is 23.2 Å². The maximum atomic E-state index is 13.0. The van der Waals surface area contributed by atoms with Crippen molar-refractivity contribution < 1.29 is 14.3 Å². The van der Waals surface area contributed by atoms with Gasteiger partial charge in [-0.15, -0.1) is 0 Å². The van der Waals surface area contributed by atoms with E-state index in [9.17, 15) is 9.59 Å². The van der Waals surface area contributed by atoms with E-state index in [2.05, 4.69) is 5.32 Å². The fourth-order valence-electron chi connectivity index (χ4n) is 2.78. The van der Waals surface area contributed by atoms with Crippen molar-refractivity contribution >= 4 is 35.0 Å². The maximum Gasteiger partial charge on any atom is 0.261 e. The summed E-state index contributed by atoms with van der Waals surface area (Å²) in [5, 5.41) is 3.71. The van der Waals surface area contributed by atoms with Gasteiger partial charge in [0.25, 0.3) is 5.91 Å². The minimum absolute atomic E-state index is 0.0472. The van der Waals surface area contributed by atoms with E-state index in [1.807, 2.05) is 39.0 Å². The number of ether oxygens (including phenoxy) is 1. The molecule has 0 heterocycles. The van der Waals surface area contributed by atoms with E-state index in [-0.39, 0.29) is 31.0 Å². The van der Waals surface area contributed by atoms with Crippen LogP contribution in [0.25, 0.3) is 0 Å². The average molecular weight is 437 g/mol. The normalized spacial score (nSPS) is 11.8. The Labute approximate surface area is 181 Å². The van der Waals surface area contributed by atoms with Gasteiger partial charge in [-0.25, -0.2) is 0 Å². The predicted molar refractivity (Wildman–Crippen MR) is 116 cm³/mol. The van der Waals surface area contributed by atoms with E-state index in [4.69, 9.17) is 27.9 Å². The molecule has 1 atom stereocenters. The highest BCUT2D eigenvalue weighted by Gasteiger charge is 2.28. The number of carbonyl (C=O) groups is 2. The van der Waals surface area contributed by atoms with Crippen molar-refractivity contribution in [2.24, 2.45) is 0 Å². The number of nitrogens with zero attached hydrogens (tertiary/aromatic N) is 1. The third-order valence-corrected chi connectivity index (χ3v) is 5.14. The van der Waals surface area contributed by atoms with Crippen molar-refractivity contribution in [3.63, 3.8) is 0 Å². The second-order valence-corrected chi connectivity index (χ2v) is 7.93. The van der Waals surface area contributed by atoms with Crippen molar-refractivity contribution in [2.45, 2.75) is 46.3 Å². The first-order valence-electron chi connectivity index (χ1n) is 9.41. The first-order valence-corrected chi connectivity index (χ1v) is 10.2. The van der Waals surface area contributed by atoms with Crippen LogP contribution in [-0.2, 0) is 16.1 Å². The number of hydrogen-bond acceptors (Lipinski definition) is 3. The topological polar surface area (TPSA) is 58.6 Å². The predicted octanol–water partition coefficient (Wildman–Crippen LogP) is 4.62. The summed E-state index contributed by atoms with van der Waals surface area (Å²) in [6.07, 6.45) is 0. The van der Waals surface area contributed by atoms with Crippen LogP contribution < -0.4 is 10.1 Å². The lowest BCUT2D eigenvalue weighted by atomic mass is 10.1. The molecule has 29 heavy (non-hydrogen) atoms. The Hall–Kier alpha value is -2.24. The van der Waals surface area contributed by atoms with Crippen LogP contribution in [-0.4, -0.2) is 35.4 Å². The van der Waals surface area contributed by atoms with Gasteiger partial charge >= 0.3 is 0 Å². The van der Waals surface area contributed by atoms with Gasteiger partial charge in [-0.05, 0) is 51.5 Å². The van der Waals surface area contributed by atoms with E-state index >= 15 is 0 Å². The van der Waals surface area contributed by atoms with E-state index in [0.717, 1.165) is 5.56 Å². The van der Waals surface area contributed by atoms with Crippen LogP contribution in [0.5, 0.6) is 5.75 Å². The number of carbonyl (C=O) groups excluding carboxylic acids is 2. The van der Waals surface area contributed by atoms with Crippen LogP contribution in [0, 0.1) is 6.92 Å². The van der Waals surface area contributed by atoms with Gasteiger partial charge in [-0.1, -0.05) is 47.5 Å². The molecule has 0 aliphatic carbocycles. The molecule has 2 rings (SSSR count). The highest BCUT2D eigenvalue weighted by Crippen LogP contribution is 2.26. The molecule has 0 saturated carbocycles. The molecule has 0 fully saturated rings. The van der Waals surface area contributed by atoms with E-state index in [1.54, 1.807) is 31.2 Å². The number of halogens is 2. The monoisotopic (exact) mass is 436 g/mol. The van der Waals surface area contributed by atoms with Crippen LogP contribution in [0.2, 0.25) is 10.0 Å². The SMILES string of the molecule is Cc1ccccc1OCC(=O)N(Cc1c(Cl)cccc1Cl)[C@H](C)C(=O)NC(C)C. The number of amides is 2. The molecular weight excluding hydrogens is 411 g/mol. The molecule has 0 aliphatic rings. The second kappa shape index (κ2) is 10.5. The summed E-state index contributed by atoms with van der Waals surface area (Å²) in [5.41, 5.74) is 1.51. The summed E-state index contributed by atoms with van der Waals surface area (Å²) in [5.74, 6) is 0.0268. The third-order valence-electron chi connectivity index (χ3n) is 4.43. The fourth-order valence-corrected chi connectivity index (χ4v) is 3.30. The zero-order chi connectivity index (χ0) is 21.6. The number of para-hydroxylation sites is 1. The summed E-state index contributed by atoms with van der Waals surface area (Å²) in [6.45, 7) is 7.20. The van der Waals surface area contributed by atoms with Crippen LogP contribution in [0.3, 0.4) is 0 Å². The lowest BCUT2D eigenvalue weighted by Gasteiger charge is -2.30. The smallest absolute Gasteiger partial charge is 0.261 e. The minimum Gasteiger partial charge on any atom is -0.484 e. The molecule has 2 amide bonds. The van der Waals surface area contributed by atoms with E-state index in [1.165, 1.54) is 4.90 Å². The summed E-state index contributed by atoms with van der Waals surface area (Å²) in [7, 11) is 0. The summed E-state index contributed by atoms with van der Waals surface area (Å²) in [6, 6.07) is 11.8. The van der Waals surface area contributed by atoms with Gasteiger partial charge < -0.3 is 15.0 Å². The molecule has 156 valence electrons. The van der Waals surface area contributed by atoms with Crippen molar-refractivity contribution in [2.75, 3.05) is 6.61 Å². The molecule has 0 radical (unpaired) electrons. The highest BCUT2D eigenvalue weighted by molar-refractivity contribution is 6.36. The maximum absolute atomic E-state index is 13.0. The van der Waals surface area contributed by atoms with Gasteiger partial charge in [-0.2, -0.15) is 0 Å². The molecule has 5 nitrogen and oxygen atoms in total. The summed E-state index contributed by atoms with van der Waals surface area (Å²) >= 11 is 12.6. The van der Waals surface area contributed by atoms with Crippen molar-refractivity contribution in [1.82, 2.24) is 10.2 Å². The molecule has 0 bridgehead atoms. The lowest BCUT2D eigenvalue weighted by molar-refractivity contribution is -0.142. The molecule has 0 unspecified atom stereocenters. The van der Waals surface area contributed by atoms with Gasteiger partial charge in [0, 0.05) is 28.2 Å². The van der Waals surface area contributed by atoms with Crippen LogP contribution in [0.15, 0.2) is 42.5 Å². The van der Waals surface area contributed by atoms with Gasteiger partial charge in [0.1, 0.15) is 11.8 Å². The van der Waals surface area contributed by atoms with Gasteiger partial charge in [0.2, 0.25) is 5.91 Å². The van der Waals surface area contributed by atoms with E-state index < -0.39 is 6.04 Å². The number of hydrogen-bond donors (Lipinski definition) is 1. The van der Waals surface area contributed by atoms with Gasteiger partial charge in [-0.3, -0.25) is 9.59 Å². The van der Waals surface area contributed by atoms with Crippen molar-refractivity contribution in [3.05, 3.63) is 63.6 Å². The third kappa shape index (κ3) is 6.38. The van der Waals surface area contributed by atoms with Crippen molar-refractivity contribution in [1.29, 1.82) is 0 Å². The number of rotatable bonds is 8. The Kier molecular flexibility index (Phi) is 8.35. The Balaban J connectivity index is 2.24. The number of aryl methyl sites for hydroxylation is 1. The first-order chi connectivity index (χ1) is 13.7. The Morgan fingerprint density at radius 3 is 2.24 bits per heavy atom. The van der Waals surface area contributed by atoms with Crippen LogP contribution in [0.1, 0.15) is 31.9 Å². The quantitative estimate of drug-likeness (QED) is 0.656. The molecule has 0 aromatic heterocycles. The molecule has 0 spiro atoms. The number of nitrogens with one attached hydrogen (secondary N) is 1. The molecule has 2 aromatic carbocycles. The Bertz CT molecular complexity index is 851. The highest BCUT2D eigenvalue weighted by atomic mass is 35.5. The molecular formula is C22H26Cl2N2O3. The standard InChI is InChI=1S/C22H26Cl2N2O3/c1-14(2)25-22(28)16(4)26(12-17-18(23)9-7-10-19(17)24)21(27)13-29-20-11-6-5-8-15(20)3/h5-11,14,16H,12-13H2,1-4H3,(H,25,28)/t16-/m1/s1. The first kappa shape index (κ1) is 23.0. The van der Waals surface area contributed by atoms with E-state index in [0.29, 0.717) is 21.4 Å². The summed E-state index contributed by atoms with van der Waals surface area (Å²) in [4.78, 5) is 27.0. The zero-order valence-corrected chi connectivity index (χ0v) is 18.6. The summed E-state index contributed by atoms with van der Waals surface area (Å²) < 4.78 is 5.70. The van der Waals surface area contributed by atoms with Crippen molar-refractivity contribution in [3.8, 4) is 5.75 Å². The molecule has 2 aromatic rings. The number of benzene rings is 2. The second-order valence-electron chi connectivity index (χ2n) is 7.12. The lowest BCUT2D eigenvalue weighted by Crippen LogP contribution is -2.50. The fraction of sp³-hybridized carbons (Fsp3) is 0.364. The molecule has 0 saturated heterocycles. The zero-order valence-electron chi connectivity index (χ0n) is 17.0. The minimum atomic E-state index is -0.724. The Morgan fingerprint density at radius 1 is 1.03 bits per heavy atom. The largest absolute Gasteiger partial charge is 0.484 e. The molecule has 1 N–H and O–H groups in total. The van der Waals surface area contributed by atoms with Gasteiger partial charge in [0.15, 0.2) is 6.61 Å². The average Bonchev–Trinajstić information content (AvgIpc) is 2.66. The molecule has 7 heteroatoms. The van der Waals surface area contributed by atoms with Gasteiger partial charge in [0.05, 0.1) is 0 Å². The Morgan fingerprint density at radius 2 is 1.66 bits per heavy atom.